The molecule has 0 amide bonds. The quantitative estimate of drug-likeness (QED) is 0.409. The zero-order chi connectivity index (χ0) is 15.8. The minimum atomic E-state index is -1.05. The van der Waals surface area contributed by atoms with Crippen molar-refractivity contribution in [2.24, 2.45) is 0 Å². The summed E-state index contributed by atoms with van der Waals surface area (Å²) in [4.78, 5) is 19.5. The Morgan fingerprint density at radius 3 is 2.71 bits per heavy atom. The molecule has 0 aliphatic carbocycles. The maximum atomic E-state index is 11.3. The number of thioether (sulfide) groups is 1. The summed E-state index contributed by atoms with van der Waals surface area (Å²) in [6.45, 7) is 6.31. The minimum absolute atomic E-state index is 0.102. The van der Waals surface area contributed by atoms with E-state index in [1.54, 1.807) is 13.8 Å². The van der Waals surface area contributed by atoms with Gasteiger partial charge < -0.3 is 14.9 Å². The van der Waals surface area contributed by atoms with Crippen LogP contribution in [0.5, 0.6) is 0 Å². The van der Waals surface area contributed by atoms with Gasteiger partial charge in [-0.05, 0) is 20.3 Å². The summed E-state index contributed by atoms with van der Waals surface area (Å²) in [5.74, 6) is -0.195. The van der Waals surface area contributed by atoms with E-state index >= 15 is 0 Å². The predicted molar refractivity (Wildman–Crippen MR) is 80.9 cm³/mol. The molecule has 7 heteroatoms. The summed E-state index contributed by atoms with van der Waals surface area (Å²) in [5.41, 5.74) is 0.538. The average molecular weight is 314 g/mol. The molecule has 0 fully saturated rings. The highest BCUT2D eigenvalue weighted by atomic mass is 32.2. The summed E-state index contributed by atoms with van der Waals surface area (Å²) in [6, 6.07) is 0. The molecule has 1 aromatic heterocycles. The number of rotatable bonds is 9. The van der Waals surface area contributed by atoms with Crippen LogP contribution < -0.4 is 0 Å². The number of carboxylic acids is 1. The van der Waals surface area contributed by atoms with E-state index in [0.29, 0.717) is 28.9 Å². The number of aryl methyl sites for hydroxylation is 2. The number of carbonyl (C=O) groups is 1. The highest BCUT2D eigenvalue weighted by Crippen LogP contribution is 2.23. The van der Waals surface area contributed by atoms with E-state index in [4.69, 9.17) is 4.74 Å². The fraction of sp³-hybridized carbons (Fsp3) is 0.643. The Bertz CT molecular complexity index is 482. The molecule has 0 bridgehead atoms. The van der Waals surface area contributed by atoms with Gasteiger partial charge in [0.15, 0.2) is 0 Å². The monoisotopic (exact) mass is 314 g/mol. The first-order chi connectivity index (χ1) is 9.95. The molecular formula is C14H22N2O4S. The van der Waals surface area contributed by atoms with Gasteiger partial charge in [-0.1, -0.05) is 13.3 Å². The van der Waals surface area contributed by atoms with Crippen molar-refractivity contribution in [2.45, 2.75) is 44.7 Å². The molecule has 0 saturated heterocycles. The number of nitrogens with zero attached hydrogens (tertiary/aromatic N) is 2. The molecule has 0 aromatic carbocycles. The maximum absolute atomic E-state index is 11.3. The van der Waals surface area contributed by atoms with Gasteiger partial charge in [0.25, 0.3) is 0 Å². The fourth-order valence-electron chi connectivity index (χ4n) is 1.72. The van der Waals surface area contributed by atoms with Gasteiger partial charge in [-0.25, -0.2) is 14.8 Å². The van der Waals surface area contributed by atoms with Gasteiger partial charge in [-0.2, -0.15) is 0 Å². The van der Waals surface area contributed by atoms with Gasteiger partial charge in [-0.15, -0.1) is 11.8 Å². The Morgan fingerprint density at radius 2 is 2.10 bits per heavy atom. The van der Waals surface area contributed by atoms with E-state index < -0.39 is 12.1 Å². The summed E-state index contributed by atoms with van der Waals surface area (Å²) in [7, 11) is 0. The van der Waals surface area contributed by atoms with E-state index in [0.717, 1.165) is 12.8 Å². The van der Waals surface area contributed by atoms with Crippen LogP contribution in [0.2, 0.25) is 0 Å². The van der Waals surface area contributed by atoms with Gasteiger partial charge in [0.2, 0.25) is 0 Å². The minimum Gasteiger partial charge on any atom is -0.478 e. The normalized spacial score (nSPS) is 12.4. The lowest BCUT2D eigenvalue weighted by Gasteiger charge is -2.12. The number of hydrogen-bond acceptors (Lipinski definition) is 6. The SMILES string of the molecule is CCCCOCC(O)CSc1nc(C)nc(C)c1C(=O)O. The van der Waals surface area contributed by atoms with Crippen molar-refractivity contribution >= 4 is 17.7 Å². The third-order valence-corrected chi connectivity index (χ3v) is 3.87. The largest absolute Gasteiger partial charge is 0.478 e. The van der Waals surface area contributed by atoms with Crippen molar-refractivity contribution in [3.8, 4) is 0 Å². The van der Waals surface area contributed by atoms with E-state index in [1.165, 1.54) is 11.8 Å². The molecule has 1 unspecified atom stereocenters. The fourth-order valence-corrected chi connectivity index (χ4v) is 2.74. The van der Waals surface area contributed by atoms with Gasteiger partial charge in [0, 0.05) is 12.4 Å². The summed E-state index contributed by atoms with van der Waals surface area (Å²) in [6.07, 6.45) is 1.36. The van der Waals surface area contributed by atoms with Crippen LogP contribution in [-0.4, -0.2) is 51.2 Å². The van der Waals surface area contributed by atoms with Crippen LogP contribution in [0, 0.1) is 13.8 Å². The lowest BCUT2D eigenvalue weighted by atomic mass is 10.2. The maximum Gasteiger partial charge on any atom is 0.340 e. The molecule has 6 nitrogen and oxygen atoms in total. The second-order valence-corrected chi connectivity index (χ2v) is 5.74. The highest BCUT2D eigenvalue weighted by molar-refractivity contribution is 7.99. The average Bonchev–Trinajstić information content (AvgIpc) is 2.40. The zero-order valence-corrected chi connectivity index (χ0v) is 13.4. The van der Waals surface area contributed by atoms with Gasteiger partial charge >= 0.3 is 5.97 Å². The molecule has 0 spiro atoms. The van der Waals surface area contributed by atoms with Crippen molar-refractivity contribution in [1.29, 1.82) is 0 Å². The number of aromatic nitrogens is 2. The Balaban J connectivity index is 2.60. The first-order valence-corrected chi connectivity index (χ1v) is 7.91. The topological polar surface area (TPSA) is 92.5 Å². The van der Waals surface area contributed by atoms with Crippen LogP contribution in [-0.2, 0) is 4.74 Å². The second-order valence-electron chi connectivity index (χ2n) is 4.73. The van der Waals surface area contributed by atoms with E-state index in [1.807, 2.05) is 0 Å². The number of aromatic carboxylic acids is 1. The Hall–Kier alpha value is -1.18. The predicted octanol–water partition coefficient (Wildman–Crippen LogP) is 2.06. The lowest BCUT2D eigenvalue weighted by Crippen LogP contribution is -2.19. The molecule has 1 heterocycles. The van der Waals surface area contributed by atoms with Crippen molar-refractivity contribution in [1.82, 2.24) is 9.97 Å². The molecule has 118 valence electrons. The molecule has 1 aromatic rings. The van der Waals surface area contributed by atoms with Gasteiger partial charge in [0.1, 0.15) is 16.4 Å². The number of aliphatic hydroxyl groups is 1. The van der Waals surface area contributed by atoms with E-state index in [2.05, 4.69) is 16.9 Å². The standard InChI is InChI=1S/C14H22N2O4S/c1-4-5-6-20-7-11(17)8-21-13-12(14(18)19)9(2)15-10(3)16-13/h11,17H,4-8H2,1-3H3,(H,18,19). The first kappa shape index (κ1) is 17.9. The molecule has 0 aliphatic heterocycles. The molecule has 0 saturated carbocycles. The number of carboxylic acid groups (broad SMARTS) is 1. The van der Waals surface area contributed by atoms with E-state index in [-0.39, 0.29) is 12.2 Å². The van der Waals surface area contributed by atoms with Crippen molar-refractivity contribution in [2.75, 3.05) is 19.0 Å². The third kappa shape index (κ3) is 5.99. The van der Waals surface area contributed by atoms with Crippen LogP contribution >= 0.6 is 11.8 Å². The summed E-state index contributed by atoms with van der Waals surface area (Å²) >= 11 is 1.21. The Labute approximate surface area is 129 Å². The Morgan fingerprint density at radius 1 is 1.38 bits per heavy atom. The molecule has 0 radical (unpaired) electrons. The van der Waals surface area contributed by atoms with Crippen LogP contribution in [0.25, 0.3) is 0 Å². The molecule has 21 heavy (non-hydrogen) atoms. The number of unbranched alkanes of at least 4 members (excludes halogenated alkanes) is 1. The Kier molecular flexibility index (Phi) is 7.63. The van der Waals surface area contributed by atoms with Crippen LogP contribution in [0.15, 0.2) is 5.03 Å². The smallest absolute Gasteiger partial charge is 0.340 e. The highest BCUT2D eigenvalue weighted by Gasteiger charge is 2.18. The van der Waals surface area contributed by atoms with Crippen molar-refractivity contribution in [3.63, 3.8) is 0 Å². The first-order valence-electron chi connectivity index (χ1n) is 6.92. The zero-order valence-electron chi connectivity index (χ0n) is 12.6. The lowest BCUT2D eigenvalue weighted by molar-refractivity contribution is 0.0473. The van der Waals surface area contributed by atoms with E-state index in [9.17, 15) is 15.0 Å². The second kappa shape index (κ2) is 8.96. The molecule has 1 atom stereocenters. The molecule has 0 aliphatic rings. The number of ether oxygens (including phenoxy) is 1. The number of aliphatic hydroxyl groups excluding tert-OH is 1. The molecule has 1 rings (SSSR count). The summed E-state index contributed by atoms with van der Waals surface area (Å²) in [5, 5.41) is 19.5. The van der Waals surface area contributed by atoms with Crippen LogP contribution in [0.4, 0.5) is 0 Å². The van der Waals surface area contributed by atoms with Crippen LogP contribution in [0.1, 0.15) is 41.6 Å². The summed E-state index contributed by atoms with van der Waals surface area (Å²) < 4.78 is 5.34. The molecular weight excluding hydrogens is 292 g/mol. The third-order valence-electron chi connectivity index (χ3n) is 2.75. The van der Waals surface area contributed by atoms with Crippen molar-refractivity contribution < 1.29 is 19.7 Å². The number of hydrogen-bond donors (Lipinski definition) is 2. The van der Waals surface area contributed by atoms with Gasteiger partial charge in [0.05, 0.1) is 18.4 Å². The van der Waals surface area contributed by atoms with Crippen LogP contribution in [0.3, 0.4) is 0 Å². The van der Waals surface area contributed by atoms with Gasteiger partial charge in [-0.3, -0.25) is 0 Å². The van der Waals surface area contributed by atoms with Crippen molar-refractivity contribution in [3.05, 3.63) is 17.1 Å². The molecule has 2 N–H and O–H groups in total.